The van der Waals surface area contributed by atoms with Gasteiger partial charge >= 0.3 is 0 Å². The van der Waals surface area contributed by atoms with E-state index >= 15 is 0 Å². The minimum atomic E-state index is -0.715. The second-order valence-corrected chi connectivity index (χ2v) is 11.8. The van der Waals surface area contributed by atoms with E-state index in [4.69, 9.17) is 26.3 Å². The van der Waals surface area contributed by atoms with E-state index in [0.717, 1.165) is 59.8 Å². The summed E-state index contributed by atoms with van der Waals surface area (Å²) in [5, 5.41) is 7.03. The van der Waals surface area contributed by atoms with Crippen LogP contribution in [0.25, 0.3) is 42.9 Å². The predicted molar refractivity (Wildman–Crippen MR) is 151 cm³/mol. The summed E-state index contributed by atoms with van der Waals surface area (Å²) in [5.74, 6) is -0.0449. The van der Waals surface area contributed by atoms with Crippen molar-refractivity contribution in [2.45, 2.75) is 53.2 Å². The van der Waals surface area contributed by atoms with Crippen LogP contribution in [0.15, 0.2) is 42.6 Å². The average molecular weight is 533 g/mol. The van der Waals surface area contributed by atoms with Gasteiger partial charge in [0.2, 0.25) is 0 Å². The minimum Gasteiger partial charge on any atom is -0.360 e. The number of aryl methyl sites for hydroxylation is 3. The van der Waals surface area contributed by atoms with Gasteiger partial charge in [-0.1, -0.05) is 23.7 Å². The van der Waals surface area contributed by atoms with Crippen LogP contribution >= 0.6 is 22.9 Å². The molecule has 0 aliphatic carbocycles. The number of nitrogens with zero attached hydrogens (tertiary/aromatic N) is 4. The van der Waals surface area contributed by atoms with Crippen molar-refractivity contribution in [3.63, 3.8) is 0 Å². The van der Waals surface area contributed by atoms with Crippen molar-refractivity contribution in [3.05, 3.63) is 64.4 Å². The third-order valence-electron chi connectivity index (χ3n) is 6.30. The number of rotatable bonds is 5. The first-order valence-electron chi connectivity index (χ1n) is 12.1. The van der Waals surface area contributed by atoms with E-state index in [0.29, 0.717) is 5.02 Å². The molecule has 5 aromatic rings. The molecule has 0 aliphatic heterocycles. The van der Waals surface area contributed by atoms with E-state index in [1.54, 1.807) is 18.3 Å². The zero-order valence-electron chi connectivity index (χ0n) is 22.0. The number of fused-ring (bicyclic) bond motifs is 2. The summed E-state index contributed by atoms with van der Waals surface area (Å²) in [7, 11) is 1.92. The average Bonchev–Trinajstić information content (AvgIpc) is 3.37. The highest BCUT2D eigenvalue weighted by molar-refractivity contribution is 7.22. The quantitative estimate of drug-likeness (QED) is 0.233. The minimum absolute atomic E-state index is 0.0449. The molecule has 3 aromatic heterocycles. The van der Waals surface area contributed by atoms with E-state index < -0.39 is 11.7 Å². The summed E-state index contributed by atoms with van der Waals surface area (Å²) in [6, 6.07) is 11.8. The van der Waals surface area contributed by atoms with Crippen LogP contribution in [0.2, 0.25) is 5.02 Å². The number of thiazole rings is 1. The SMILES string of the molecule is CC(=O)[C@@H](OC(C)(C)C)c1c(C)cc2nc(-c3cc4c(C)nn(C)c4cn3)sc2c1-c1ccc(Cl)cc1. The van der Waals surface area contributed by atoms with Gasteiger partial charge in [-0.2, -0.15) is 5.10 Å². The van der Waals surface area contributed by atoms with Crippen molar-refractivity contribution in [2.75, 3.05) is 0 Å². The van der Waals surface area contributed by atoms with Gasteiger partial charge in [0.25, 0.3) is 0 Å². The highest BCUT2D eigenvalue weighted by atomic mass is 35.5. The Labute approximate surface area is 225 Å². The second-order valence-electron chi connectivity index (χ2n) is 10.4. The number of carbonyl (C=O) groups is 1. The first kappa shape index (κ1) is 25.5. The van der Waals surface area contributed by atoms with Gasteiger partial charge in [-0.15, -0.1) is 11.3 Å². The molecule has 6 nitrogen and oxygen atoms in total. The first-order valence-corrected chi connectivity index (χ1v) is 13.3. The molecule has 0 amide bonds. The largest absolute Gasteiger partial charge is 0.360 e. The molecule has 190 valence electrons. The monoisotopic (exact) mass is 532 g/mol. The number of carbonyl (C=O) groups excluding carboxylic acids is 1. The van der Waals surface area contributed by atoms with Crippen LogP contribution in [-0.4, -0.2) is 31.1 Å². The molecule has 37 heavy (non-hydrogen) atoms. The fourth-order valence-corrected chi connectivity index (χ4v) is 5.92. The Bertz CT molecular complexity index is 1660. The molecule has 0 saturated heterocycles. The van der Waals surface area contributed by atoms with Crippen molar-refractivity contribution in [3.8, 4) is 21.8 Å². The van der Waals surface area contributed by atoms with Crippen LogP contribution in [0.3, 0.4) is 0 Å². The Morgan fingerprint density at radius 3 is 2.49 bits per heavy atom. The summed E-state index contributed by atoms with van der Waals surface area (Å²) in [6.45, 7) is 11.5. The van der Waals surface area contributed by atoms with Crippen LogP contribution in [0.5, 0.6) is 0 Å². The number of hydrogen-bond donors (Lipinski definition) is 0. The van der Waals surface area contributed by atoms with E-state index in [1.807, 2.05) is 88.9 Å². The van der Waals surface area contributed by atoms with Crippen LogP contribution in [0, 0.1) is 13.8 Å². The highest BCUT2D eigenvalue weighted by Crippen LogP contribution is 2.44. The predicted octanol–water partition coefficient (Wildman–Crippen LogP) is 7.63. The Hall–Kier alpha value is -3.13. The zero-order chi connectivity index (χ0) is 26.6. The molecule has 0 saturated carbocycles. The van der Waals surface area contributed by atoms with E-state index in [9.17, 15) is 4.79 Å². The van der Waals surface area contributed by atoms with Crippen molar-refractivity contribution in [2.24, 2.45) is 7.05 Å². The lowest BCUT2D eigenvalue weighted by Crippen LogP contribution is -2.27. The summed E-state index contributed by atoms with van der Waals surface area (Å²) in [6.07, 6.45) is 1.13. The van der Waals surface area contributed by atoms with Gasteiger partial charge in [0.15, 0.2) is 5.78 Å². The maximum atomic E-state index is 13.0. The lowest BCUT2D eigenvalue weighted by Gasteiger charge is -2.29. The Kier molecular flexibility index (Phi) is 6.42. The van der Waals surface area contributed by atoms with Gasteiger partial charge in [0, 0.05) is 28.6 Å². The van der Waals surface area contributed by atoms with Crippen LogP contribution in [-0.2, 0) is 16.6 Å². The van der Waals surface area contributed by atoms with Crippen molar-refractivity contribution >= 4 is 49.8 Å². The van der Waals surface area contributed by atoms with Gasteiger partial charge in [-0.25, -0.2) is 4.98 Å². The number of hydrogen-bond acceptors (Lipinski definition) is 6. The summed E-state index contributed by atoms with van der Waals surface area (Å²) < 4.78 is 9.16. The third kappa shape index (κ3) is 4.79. The fraction of sp³-hybridized carbons (Fsp3) is 0.310. The van der Waals surface area contributed by atoms with Gasteiger partial charge in [0.05, 0.1) is 38.9 Å². The van der Waals surface area contributed by atoms with Gasteiger partial charge in [-0.05, 0) is 76.9 Å². The maximum absolute atomic E-state index is 13.0. The lowest BCUT2D eigenvalue weighted by atomic mass is 9.90. The van der Waals surface area contributed by atoms with E-state index in [-0.39, 0.29) is 5.78 Å². The lowest BCUT2D eigenvalue weighted by molar-refractivity contribution is -0.138. The normalized spacial score (nSPS) is 13.0. The maximum Gasteiger partial charge on any atom is 0.163 e. The molecule has 0 aliphatic rings. The van der Waals surface area contributed by atoms with Gasteiger partial charge < -0.3 is 4.74 Å². The van der Waals surface area contributed by atoms with E-state index in [2.05, 4.69) is 5.10 Å². The summed E-state index contributed by atoms with van der Waals surface area (Å²) in [4.78, 5) is 22.7. The number of ether oxygens (including phenoxy) is 1. The van der Waals surface area contributed by atoms with Crippen LogP contribution in [0.1, 0.15) is 50.6 Å². The molecule has 0 N–H and O–H groups in total. The molecule has 0 fully saturated rings. The third-order valence-corrected chi connectivity index (χ3v) is 7.67. The Balaban J connectivity index is 1.78. The molecule has 1 atom stereocenters. The van der Waals surface area contributed by atoms with Crippen molar-refractivity contribution in [1.82, 2.24) is 19.7 Å². The highest BCUT2D eigenvalue weighted by Gasteiger charge is 2.30. The molecule has 0 bridgehead atoms. The second kappa shape index (κ2) is 9.31. The topological polar surface area (TPSA) is 69.9 Å². The zero-order valence-corrected chi connectivity index (χ0v) is 23.6. The molecule has 0 spiro atoms. The summed E-state index contributed by atoms with van der Waals surface area (Å²) in [5.41, 5.74) is 6.78. The Morgan fingerprint density at radius 2 is 1.84 bits per heavy atom. The van der Waals surface area contributed by atoms with Crippen LogP contribution in [0.4, 0.5) is 0 Å². The molecule has 0 unspecified atom stereocenters. The Morgan fingerprint density at radius 1 is 1.14 bits per heavy atom. The number of pyridine rings is 1. The van der Waals surface area contributed by atoms with Gasteiger partial charge in [0.1, 0.15) is 11.1 Å². The molecule has 3 heterocycles. The number of Topliss-reactive ketones (excluding diaryl/α,β-unsaturated/α-hetero) is 1. The number of aromatic nitrogens is 4. The first-order chi connectivity index (χ1) is 17.4. The van der Waals surface area contributed by atoms with Crippen LogP contribution < -0.4 is 0 Å². The fourth-order valence-electron chi connectivity index (χ4n) is 4.71. The molecule has 2 aromatic carbocycles. The molecular formula is C29H29ClN4O2S. The van der Waals surface area contributed by atoms with Crippen molar-refractivity contribution < 1.29 is 9.53 Å². The molecule has 8 heteroatoms. The molecular weight excluding hydrogens is 504 g/mol. The molecule has 0 radical (unpaired) electrons. The molecule has 5 rings (SSSR count). The number of ketones is 1. The van der Waals surface area contributed by atoms with E-state index in [1.165, 1.54) is 0 Å². The smallest absolute Gasteiger partial charge is 0.163 e. The summed E-state index contributed by atoms with van der Waals surface area (Å²) >= 11 is 7.80. The van der Waals surface area contributed by atoms with Gasteiger partial charge in [-0.3, -0.25) is 14.5 Å². The standard InChI is InChI=1S/C29H29ClN4O2S/c1-15-12-21-27(37-28(32-21)22-13-20-16(2)33-34(7)23(20)14-31-22)25(18-8-10-19(30)11-9-18)24(15)26(17(3)35)36-29(4,5)6/h8-14,26H,1-7H3/t26-/m1/s1. The number of benzene rings is 2. The number of halogens is 1. The van der Waals surface area contributed by atoms with Crippen molar-refractivity contribution in [1.29, 1.82) is 0 Å².